The molecule has 0 N–H and O–H groups in total. The van der Waals surface area contributed by atoms with Crippen molar-refractivity contribution in [1.82, 2.24) is 9.55 Å². The number of aromatic nitrogens is 2. The first-order valence-corrected chi connectivity index (χ1v) is 8.79. The molecule has 0 saturated heterocycles. The SMILES string of the molecule is CC(C)Cn1cnc(S(=O)(=O)N2CCOc3ccc(F)cc32)c1. The van der Waals surface area contributed by atoms with E-state index in [2.05, 4.69) is 4.98 Å². The first-order chi connectivity index (χ1) is 10.9. The van der Waals surface area contributed by atoms with Crippen LogP contribution in [0.5, 0.6) is 5.75 Å². The third-order valence-corrected chi connectivity index (χ3v) is 5.18. The molecule has 23 heavy (non-hydrogen) atoms. The lowest BCUT2D eigenvalue weighted by Crippen LogP contribution is -2.38. The van der Waals surface area contributed by atoms with Gasteiger partial charge in [-0.05, 0) is 18.1 Å². The highest BCUT2D eigenvalue weighted by Gasteiger charge is 2.32. The molecule has 0 spiro atoms. The van der Waals surface area contributed by atoms with Gasteiger partial charge in [-0.2, -0.15) is 8.42 Å². The zero-order chi connectivity index (χ0) is 16.6. The lowest BCUT2D eigenvalue weighted by molar-refractivity contribution is 0.315. The van der Waals surface area contributed by atoms with Crippen LogP contribution in [0.25, 0.3) is 0 Å². The summed E-state index contributed by atoms with van der Waals surface area (Å²) in [5, 5.41) is -0.0461. The van der Waals surface area contributed by atoms with Crippen LogP contribution >= 0.6 is 0 Å². The smallest absolute Gasteiger partial charge is 0.283 e. The van der Waals surface area contributed by atoms with E-state index >= 15 is 0 Å². The van der Waals surface area contributed by atoms with Gasteiger partial charge in [0.1, 0.15) is 18.2 Å². The molecule has 0 unspecified atom stereocenters. The second-order valence-corrected chi connectivity index (χ2v) is 7.65. The Bertz CT molecular complexity index is 817. The Morgan fingerprint density at radius 3 is 2.91 bits per heavy atom. The number of halogens is 1. The zero-order valence-electron chi connectivity index (χ0n) is 12.9. The van der Waals surface area contributed by atoms with Crippen LogP contribution in [0.1, 0.15) is 13.8 Å². The van der Waals surface area contributed by atoms with Crippen LogP contribution in [-0.4, -0.2) is 31.1 Å². The van der Waals surface area contributed by atoms with Crippen LogP contribution in [0.2, 0.25) is 0 Å². The minimum atomic E-state index is -3.85. The van der Waals surface area contributed by atoms with Crippen LogP contribution in [0.15, 0.2) is 35.7 Å². The van der Waals surface area contributed by atoms with Gasteiger partial charge >= 0.3 is 0 Å². The van der Waals surface area contributed by atoms with Crippen LogP contribution < -0.4 is 9.04 Å². The summed E-state index contributed by atoms with van der Waals surface area (Å²) in [6.07, 6.45) is 3.00. The summed E-state index contributed by atoms with van der Waals surface area (Å²) in [5.74, 6) is 0.209. The molecule has 2 heterocycles. The molecule has 1 aliphatic rings. The molecule has 0 bridgehead atoms. The molecular formula is C15H18FN3O3S. The minimum Gasteiger partial charge on any atom is -0.489 e. The Morgan fingerprint density at radius 1 is 1.39 bits per heavy atom. The molecule has 0 fully saturated rings. The Morgan fingerprint density at radius 2 is 2.17 bits per heavy atom. The van der Waals surface area contributed by atoms with Crippen LogP contribution in [-0.2, 0) is 16.6 Å². The summed E-state index contributed by atoms with van der Waals surface area (Å²) in [6, 6.07) is 3.84. The molecule has 3 rings (SSSR count). The van der Waals surface area contributed by atoms with Crippen molar-refractivity contribution >= 4 is 15.7 Å². The predicted octanol–water partition coefficient (Wildman–Crippen LogP) is 2.27. The third kappa shape index (κ3) is 3.03. The average molecular weight is 339 g/mol. The Balaban J connectivity index is 1.98. The molecule has 0 saturated carbocycles. The van der Waals surface area contributed by atoms with Crippen molar-refractivity contribution < 1.29 is 17.5 Å². The topological polar surface area (TPSA) is 64.4 Å². The van der Waals surface area contributed by atoms with Gasteiger partial charge in [-0.3, -0.25) is 4.31 Å². The summed E-state index contributed by atoms with van der Waals surface area (Å²) < 4.78 is 47.5. The van der Waals surface area contributed by atoms with Crippen molar-refractivity contribution in [2.75, 3.05) is 17.5 Å². The molecular weight excluding hydrogens is 321 g/mol. The fourth-order valence-corrected chi connectivity index (χ4v) is 3.91. The van der Waals surface area contributed by atoms with E-state index in [1.54, 1.807) is 4.57 Å². The number of ether oxygens (including phenoxy) is 1. The summed E-state index contributed by atoms with van der Waals surface area (Å²) in [5.41, 5.74) is 0.203. The highest BCUT2D eigenvalue weighted by atomic mass is 32.2. The van der Waals surface area contributed by atoms with Crippen molar-refractivity contribution in [2.24, 2.45) is 5.92 Å². The van der Waals surface area contributed by atoms with Gasteiger partial charge in [0.15, 0.2) is 5.03 Å². The van der Waals surface area contributed by atoms with Crippen LogP contribution in [0, 0.1) is 11.7 Å². The molecule has 2 aromatic rings. The predicted molar refractivity (Wildman–Crippen MR) is 83.5 cm³/mol. The molecule has 0 amide bonds. The number of hydrogen-bond acceptors (Lipinski definition) is 4. The van der Waals surface area contributed by atoms with Gasteiger partial charge in [-0.1, -0.05) is 13.8 Å². The molecule has 124 valence electrons. The number of fused-ring (bicyclic) bond motifs is 1. The molecule has 6 nitrogen and oxygen atoms in total. The molecule has 0 aliphatic carbocycles. The number of benzene rings is 1. The van der Waals surface area contributed by atoms with E-state index in [9.17, 15) is 12.8 Å². The van der Waals surface area contributed by atoms with E-state index in [0.29, 0.717) is 18.2 Å². The first kappa shape index (κ1) is 15.8. The fraction of sp³-hybridized carbons (Fsp3) is 0.400. The monoisotopic (exact) mass is 339 g/mol. The Kier molecular flexibility index (Phi) is 4.01. The lowest BCUT2D eigenvalue weighted by Gasteiger charge is -2.29. The van der Waals surface area contributed by atoms with Gasteiger partial charge < -0.3 is 9.30 Å². The maximum Gasteiger partial charge on any atom is 0.283 e. The van der Waals surface area contributed by atoms with Gasteiger partial charge in [0.25, 0.3) is 10.0 Å². The average Bonchev–Trinajstić information content (AvgIpc) is 2.95. The number of sulfonamides is 1. The zero-order valence-corrected chi connectivity index (χ0v) is 13.8. The Labute approximate surface area is 134 Å². The van der Waals surface area contributed by atoms with Crippen molar-refractivity contribution in [2.45, 2.75) is 25.4 Å². The molecule has 1 aliphatic heterocycles. The second kappa shape index (κ2) is 5.84. The van der Waals surface area contributed by atoms with E-state index in [-0.39, 0.29) is 23.9 Å². The fourth-order valence-electron chi connectivity index (χ4n) is 2.52. The van der Waals surface area contributed by atoms with E-state index < -0.39 is 15.8 Å². The normalized spacial score (nSPS) is 14.7. The summed E-state index contributed by atoms with van der Waals surface area (Å²) in [6.45, 7) is 5.08. The number of rotatable bonds is 4. The molecule has 1 aromatic heterocycles. The van der Waals surface area contributed by atoms with Crippen LogP contribution in [0.4, 0.5) is 10.1 Å². The van der Waals surface area contributed by atoms with Gasteiger partial charge in [-0.15, -0.1) is 0 Å². The molecule has 0 atom stereocenters. The van der Waals surface area contributed by atoms with Gasteiger partial charge in [-0.25, -0.2) is 9.37 Å². The van der Waals surface area contributed by atoms with E-state index in [1.807, 2.05) is 13.8 Å². The van der Waals surface area contributed by atoms with Crippen molar-refractivity contribution in [1.29, 1.82) is 0 Å². The molecule has 0 radical (unpaired) electrons. The summed E-state index contributed by atoms with van der Waals surface area (Å²) >= 11 is 0. The van der Waals surface area contributed by atoms with Crippen molar-refractivity contribution in [3.8, 4) is 5.75 Å². The van der Waals surface area contributed by atoms with Crippen molar-refractivity contribution in [3.05, 3.63) is 36.5 Å². The number of hydrogen-bond donors (Lipinski definition) is 0. The van der Waals surface area contributed by atoms with Crippen molar-refractivity contribution in [3.63, 3.8) is 0 Å². The second-order valence-electron chi connectivity index (χ2n) is 5.84. The highest BCUT2D eigenvalue weighted by Crippen LogP contribution is 2.35. The van der Waals surface area contributed by atoms with Gasteiger partial charge in [0, 0.05) is 18.8 Å². The van der Waals surface area contributed by atoms with E-state index in [1.165, 1.54) is 24.7 Å². The number of imidazole rings is 1. The summed E-state index contributed by atoms with van der Waals surface area (Å²) in [7, 11) is -3.85. The number of anilines is 1. The largest absolute Gasteiger partial charge is 0.489 e. The highest BCUT2D eigenvalue weighted by molar-refractivity contribution is 7.92. The standard InChI is InChI=1S/C15H18FN3O3S/c1-11(2)8-18-9-15(17-10-18)23(20,21)19-5-6-22-14-4-3-12(16)7-13(14)19/h3-4,7,9-11H,5-6,8H2,1-2H3. The maximum absolute atomic E-state index is 13.5. The summed E-state index contributed by atoms with van der Waals surface area (Å²) in [4.78, 5) is 4.01. The van der Waals surface area contributed by atoms with Gasteiger partial charge in [0.05, 0.1) is 18.6 Å². The van der Waals surface area contributed by atoms with Crippen LogP contribution in [0.3, 0.4) is 0 Å². The Hall–Kier alpha value is -2.09. The minimum absolute atomic E-state index is 0.0461. The molecule has 1 aromatic carbocycles. The maximum atomic E-state index is 13.5. The van der Waals surface area contributed by atoms with Gasteiger partial charge in [0.2, 0.25) is 0 Å². The lowest BCUT2D eigenvalue weighted by atomic mass is 10.2. The third-order valence-electron chi connectivity index (χ3n) is 3.48. The van der Waals surface area contributed by atoms with E-state index in [0.717, 1.165) is 10.4 Å². The quantitative estimate of drug-likeness (QED) is 0.857. The number of nitrogens with zero attached hydrogens (tertiary/aromatic N) is 3. The first-order valence-electron chi connectivity index (χ1n) is 7.35. The van der Waals surface area contributed by atoms with E-state index in [4.69, 9.17) is 4.74 Å². The molecule has 8 heteroatoms.